The molecule has 0 spiro atoms. The van der Waals surface area contributed by atoms with Crippen molar-refractivity contribution in [3.8, 4) is 0 Å². The molecule has 4 unspecified atom stereocenters. The molecule has 4 saturated heterocycles. The van der Waals surface area contributed by atoms with Crippen LogP contribution in [0.15, 0.2) is 0 Å². The van der Waals surface area contributed by atoms with Crippen molar-refractivity contribution in [2.45, 2.75) is 64.1 Å². The van der Waals surface area contributed by atoms with E-state index in [1.165, 1.54) is 0 Å². The molecule has 204 valence electrons. The second-order valence-corrected chi connectivity index (χ2v) is 10.6. The van der Waals surface area contributed by atoms with Gasteiger partial charge in [0.25, 0.3) is 0 Å². The lowest BCUT2D eigenvalue weighted by Crippen LogP contribution is -2.73. The van der Waals surface area contributed by atoms with Crippen LogP contribution in [-0.2, 0) is 23.7 Å². The zero-order valence-corrected chi connectivity index (χ0v) is 22.7. The standard InChI is InChI=1S/C26H50N4O5/c1-5-23(27-7-15-31-16-8-27)25(3,29-11-19-33-20-12-29)35-26(4,30-13-21-34-22-14-30)24(6-2)28-9-17-32-18-10-28/h23-24H,5-22H2,1-4H3. The van der Waals surface area contributed by atoms with Gasteiger partial charge in [0, 0.05) is 52.4 Å². The van der Waals surface area contributed by atoms with Crippen molar-refractivity contribution in [2.24, 2.45) is 0 Å². The second-order valence-electron chi connectivity index (χ2n) is 10.6. The van der Waals surface area contributed by atoms with Crippen LogP contribution in [0.2, 0.25) is 0 Å². The highest BCUT2D eigenvalue weighted by Gasteiger charge is 2.53. The van der Waals surface area contributed by atoms with Gasteiger partial charge in [-0.1, -0.05) is 13.8 Å². The summed E-state index contributed by atoms with van der Waals surface area (Å²) in [5, 5.41) is 0. The average Bonchev–Trinajstić information content (AvgIpc) is 2.92. The summed E-state index contributed by atoms with van der Waals surface area (Å²) in [6, 6.07) is 0.541. The van der Waals surface area contributed by atoms with E-state index >= 15 is 0 Å². The topological polar surface area (TPSA) is 59.1 Å². The molecular formula is C26H50N4O5. The fraction of sp³-hybridized carbons (Fsp3) is 1.00. The van der Waals surface area contributed by atoms with E-state index in [4.69, 9.17) is 23.7 Å². The van der Waals surface area contributed by atoms with E-state index in [9.17, 15) is 0 Å². The third-order valence-corrected chi connectivity index (χ3v) is 8.67. The maximum atomic E-state index is 7.69. The van der Waals surface area contributed by atoms with Gasteiger partial charge < -0.3 is 23.7 Å². The molecule has 0 amide bonds. The molecule has 4 heterocycles. The van der Waals surface area contributed by atoms with Crippen molar-refractivity contribution < 1.29 is 23.7 Å². The Balaban J connectivity index is 1.70. The van der Waals surface area contributed by atoms with Crippen LogP contribution in [0.4, 0.5) is 0 Å². The molecule has 4 aliphatic heterocycles. The number of rotatable bonds is 10. The van der Waals surface area contributed by atoms with E-state index in [1.807, 2.05) is 0 Å². The first-order chi connectivity index (χ1) is 17.0. The van der Waals surface area contributed by atoms with E-state index < -0.39 is 11.4 Å². The third-order valence-electron chi connectivity index (χ3n) is 8.67. The Bertz CT molecular complexity index is 569. The zero-order chi connectivity index (χ0) is 24.7. The molecule has 4 aliphatic rings. The summed E-state index contributed by atoms with van der Waals surface area (Å²) in [5.41, 5.74) is -0.911. The molecule has 9 nitrogen and oxygen atoms in total. The van der Waals surface area contributed by atoms with Crippen molar-refractivity contribution >= 4 is 0 Å². The summed E-state index contributed by atoms with van der Waals surface area (Å²) >= 11 is 0. The van der Waals surface area contributed by atoms with Crippen molar-refractivity contribution in [1.29, 1.82) is 0 Å². The lowest BCUT2D eigenvalue weighted by molar-refractivity contribution is -0.317. The number of hydrogen-bond acceptors (Lipinski definition) is 9. The number of nitrogens with zero attached hydrogens (tertiary/aromatic N) is 4. The Hall–Kier alpha value is -0.360. The Kier molecular flexibility index (Phi) is 10.2. The van der Waals surface area contributed by atoms with Gasteiger partial charge in [0.15, 0.2) is 0 Å². The van der Waals surface area contributed by atoms with Crippen LogP contribution in [0.1, 0.15) is 40.5 Å². The largest absolute Gasteiger partial charge is 0.379 e. The van der Waals surface area contributed by atoms with Crippen molar-refractivity contribution in [3.05, 3.63) is 0 Å². The molecule has 0 aliphatic carbocycles. The van der Waals surface area contributed by atoms with Gasteiger partial charge in [-0.3, -0.25) is 19.6 Å². The summed E-state index contributed by atoms with van der Waals surface area (Å²) in [5.74, 6) is 0. The fourth-order valence-electron chi connectivity index (χ4n) is 6.85. The van der Waals surface area contributed by atoms with Gasteiger partial charge in [0.05, 0.1) is 64.9 Å². The first-order valence-electron chi connectivity index (χ1n) is 14.0. The Labute approximate surface area is 212 Å². The second kappa shape index (κ2) is 12.9. The SMILES string of the molecule is CCC(N1CCOCC1)C(C)(OC(C)(C(CC)N1CCOCC1)N1CCOCC1)N1CCOCC1. The average molecular weight is 499 g/mol. The first-order valence-corrected chi connectivity index (χ1v) is 14.0. The van der Waals surface area contributed by atoms with E-state index in [0.717, 1.165) is 118 Å². The molecule has 9 heteroatoms. The summed E-state index contributed by atoms with van der Waals surface area (Å²) in [4.78, 5) is 10.3. The van der Waals surface area contributed by atoms with Crippen LogP contribution in [0.3, 0.4) is 0 Å². The normalized spacial score (nSPS) is 29.8. The highest BCUT2D eigenvalue weighted by atomic mass is 16.6. The van der Waals surface area contributed by atoms with Gasteiger partial charge in [0.1, 0.15) is 11.4 Å². The van der Waals surface area contributed by atoms with E-state index in [-0.39, 0.29) is 12.1 Å². The molecule has 0 N–H and O–H groups in total. The molecule has 0 aromatic rings. The predicted octanol–water partition coefficient (Wildman–Crippen LogP) is 1.32. The van der Waals surface area contributed by atoms with Crippen molar-refractivity contribution in [3.63, 3.8) is 0 Å². The molecule has 0 bridgehead atoms. The minimum absolute atomic E-state index is 0.270. The molecule has 4 atom stereocenters. The van der Waals surface area contributed by atoms with E-state index in [2.05, 4.69) is 47.3 Å². The Morgan fingerprint density at radius 3 is 1.11 bits per heavy atom. The van der Waals surface area contributed by atoms with E-state index in [0.29, 0.717) is 0 Å². The number of morpholine rings is 4. The van der Waals surface area contributed by atoms with Gasteiger partial charge in [-0.2, -0.15) is 0 Å². The van der Waals surface area contributed by atoms with Gasteiger partial charge in [-0.05, 0) is 26.7 Å². The van der Waals surface area contributed by atoms with Crippen LogP contribution in [-0.4, -0.2) is 148 Å². The lowest BCUT2D eigenvalue weighted by atomic mass is 9.93. The quantitative estimate of drug-likeness (QED) is 0.444. The maximum Gasteiger partial charge on any atom is 0.137 e. The van der Waals surface area contributed by atoms with Crippen LogP contribution in [0, 0.1) is 0 Å². The van der Waals surface area contributed by atoms with Gasteiger partial charge in [-0.25, -0.2) is 0 Å². The summed E-state index contributed by atoms with van der Waals surface area (Å²) in [6.07, 6.45) is 2.06. The molecule has 0 saturated carbocycles. The number of ether oxygens (including phenoxy) is 5. The third kappa shape index (κ3) is 6.21. The molecule has 0 aromatic heterocycles. The van der Waals surface area contributed by atoms with Crippen LogP contribution in [0.5, 0.6) is 0 Å². The predicted molar refractivity (Wildman–Crippen MR) is 136 cm³/mol. The van der Waals surface area contributed by atoms with E-state index in [1.54, 1.807) is 0 Å². The summed E-state index contributed by atoms with van der Waals surface area (Å²) in [6.45, 7) is 22.9. The molecule has 4 rings (SSSR count). The highest BCUT2D eigenvalue weighted by molar-refractivity contribution is 5.00. The van der Waals surface area contributed by atoms with Gasteiger partial charge in [-0.15, -0.1) is 0 Å². The molecule has 0 radical (unpaired) electrons. The fourth-order valence-corrected chi connectivity index (χ4v) is 6.85. The monoisotopic (exact) mass is 498 g/mol. The minimum Gasteiger partial charge on any atom is -0.379 e. The molecular weight excluding hydrogens is 448 g/mol. The van der Waals surface area contributed by atoms with Gasteiger partial charge >= 0.3 is 0 Å². The Morgan fingerprint density at radius 1 is 0.543 bits per heavy atom. The first kappa shape index (κ1) is 27.7. The minimum atomic E-state index is -0.456. The molecule has 0 aromatic carbocycles. The van der Waals surface area contributed by atoms with Crippen molar-refractivity contribution in [2.75, 3.05) is 105 Å². The summed E-state index contributed by atoms with van der Waals surface area (Å²) < 4.78 is 30.7. The highest BCUT2D eigenvalue weighted by Crippen LogP contribution is 2.39. The van der Waals surface area contributed by atoms with Gasteiger partial charge in [0.2, 0.25) is 0 Å². The Morgan fingerprint density at radius 2 is 0.829 bits per heavy atom. The zero-order valence-electron chi connectivity index (χ0n) is 22.7. The van der Waals surface area contributed by atoms with Crippen LogP contribution in [0.25, 0.3) is 0 Å². The number of hydrogen-bond donors (Lipinski definition) is 0. The van der Waals surface area contributed by atoms with Crippen molar-refractivity contribution in [1.82, 2.24) is 19.6 Å². The molecule has 35 heavy (non-hydrogen) atoms. The molecule has 4 fully saturated rings. The van der Waals surface area contributed by atoms with Crippen LogP contribution < -0.4 is 0 Å². The maximum absolute atomic E-state index is 7.69. The summed E-state index contributed by atoms with van der Waals surface area (Å²) in [7, 11) is 0. The lowest BCUT2D eigenvalue weighted by Gasteiger charge is -2.59. The smallest absolute Gasteiger partial charge is 0.137 e. The van der Waals surface area contributed by atoms with Crippen LogP contribution >= 0.6 is 0 Å².